The fraction of sp³-hybridized carbons (Fsp3) is 0.200. The highest BCUT2D eigenvalue weighted by Gasteiger charge is 2.23. The molecule has 3 aromatic rings. The highest BCUT2D eigenvalue weighted by atomic mass is 16.5. The molecule has 0 unspecified atom stereocenters. The number of para-hydroxylation sites is 1. The average molecular weight is 333 g/mol. The molecule has 1 aromatic heterocycles. The molecule has 1 aliphatic rings. The first-order valence-corrected chi connectivity index (χ1v) is 8.34. The van der Waals surface area contributed by atoms with Crippen LogP contribution in [0.4, 0.5) is 5.82 Å². The van der Waals surface area contributed by atoms with Crippen molar-refractivity contribution in [2.45, 2.75) is 13.3 Å². The van der Waals surface area contributed by atoms with Gasteiger partial charge in [0.2, 0.25) is 0 Å². The Hall–Kier alpha value is -3.08. The van der Waals surface area contributed by atoms with Crippen molar-refractivity contribution in [1.29, 1.82) is 0 Å². The van der Waals surface area contributed by atoms with E-state index in [0.29, 0.717) is 12.3 Å². The molecule has 0 bridgehead atoms. The zero-order valence-corrected chi connectivity index (χ0v) is 14.0. The molecule has 0 spiro atoms. The van der Waals surface area contributed by atoms with Gasteiger partial charge in [0.1, 0.15) is 5.75 Å². The average Bonchev–Trinajstić information content (AvgIpc) is 3.01. The number of hydrogen-bond donors (Lipinski definition) is 1. The third-order valence-corrected chi connectivity index (χ3v) is 4.26. The fourth-order valence-electron chi connectivity index (χ4n) is 3.02. The van der Waals surface area contributed by atoms with E-state index in [2.05, 4.69) is 36.6 Å². The number of amides is 1. The molecule has 25 heavy (non-hydrogen) atoms. The van der Waals surface area contributed by atoms with E-state index in [9.17, 15) is 4.79 Å². The number of nitrogens with one attached hydrogen (secondary N) is 1. The second-order valence-electron chi connectivity index (χ2n) is 6.21. The number of benzene rings is 2. The molecule has 0 saturated heterocycles. The van der Waals surface area contributed by atoms with Crippen LogP contribution in [0, 0.1) is 6.92 Å². The van der Waals surface area contributed by atoms with E-state index in [0.717, 1.165) is 28.7 Å². The van der Waals surface area contributed by atoms with Crippen LogP contribution < -0.4 is 15.2 Å². The molecular formula is C20H19N3O2. The van der Waals surface area contributed by atoms with Gasteiger partial charge in [-0.05, 0) is 48.7 Å². The zero-order valence-electron chi connectivity index (χ0n) is 14.0. The van der Waals surface area contributed by atoms with E-state index in [1.54, 1.807) is 0 Å². The number of hydrogen-bond acceptors (Lipinski definition) is 4. The van der Waals surface area contributed by atoms with Crippen molar-refractivity contribution in [3.8, 4) is 5.75 Å². The van der Waals surface area contributed by atoms with E-state index in [4.69, 9.17) is 9.72 Å². The van der Waals surface area contributed by atoms with Crippen LogP contribution >= 0.6 is 0 Å². The van der Waals surface area contributed by atoms with Crippen LogP contribution in [-0.2, 0) is 11.2 Å². The van der Waals surface area contributed by atoms with Gasteiger partial charge in [0.05, 0.1) is 5.52 Å². The van der Waals surface area contributed by atoms with Crippen LogP contribution in [0.15, 0.2) is 54.6 Å². The summed E-state index contributed by atoms with van der Waals surface area (Å²) < 4.78 is 5.49. The summed E-state index contributed by atoms with van der Waals surface area (Å²) in [5.74, 6) is 1.31. The molecule has 0 saturated carbocycles. The molecule has 2 aromatic carbocycles. The Kier molecular flexibility index (Phi) is 3.98. The van der Waals surface area contributed by atoms with Crippen molar-refractivity contribution in [2.75, 3.05) is 18.2 Å². The minimum atomic E-state index is -0.192. The van der Waals surface area contributed by atoms with E-state index in [-0.39, 0.29) is 12.5 Å². The number of anilines is 1. The Labute approximate surface area is 146 Å². The Morgan fingerprint density at radius 2 is 2.04 bits per heavy atom. The van der Waals surface area contributed by atoms with Gasteiger partial charge in [-0.3, -0.25) is 15.2 Å². The minimum absolute atomic E-state index is 0.0253. The summed E-state index contributed by atoms with van der Waals surface area (Å²) in [6, 6.07) is 17.7. The summed E-state index contributed by atoms with van der Waals surface area (Å²) >= 11 is 0. The lowest BCUT2D eigenvalue weighted by molar-refractivity contribution is -0.123. The summed E-state index contributed by atoms with van der Waals surface area (Å²) in [6.45, 7) is 2.74. The lowest BCUT2D eigenvalue weighted by atomic mass is 10.1. The predicted octanol–water partition coefficient (Wildman–Crippen LogP) is 3.02. The van der Waals surface area contributed by atoms with E-state index in [1.807, 2.05) is 35.3 Å². The summed E-state index contributed by atoms with van der Waals surface area (Å²) in [6.07, 6.45) is 0.867. The van der Waals surface area contributed by atoms with Gasteiger partial charge in [0.15, 0.2) is 12.4 Å². The number of ether oxygens (including phenoxy) is 1. The first-order chi connectivity index (χ1) is 12.2. The van der Waals surface area contributed by atoms with Crippen LogP contribution in [0.1, 0.15) is 11.1 Å². The molecule has 0 radical (unpaired) electrons. The smallest absolute Gasteiger partial charge is 0.276 e. The van der Waals surface area contributed by atoms with Crippen LogP contribution in [-0.4, -0.2) is 24.0 Å². The van der Waals surface area contributed by atoms with Crippen molar-refractivity contribution in [2.24, 2.45) is 0 Å². The topological polar surface area (TPSA) is 54.5 Å². The maximum Gasteiger partial charge on any atom is 0.276 e. The number of aromatic nitrogens is 1. The van der Waals surface area contributed by atoms with Gasteiger partial charge in [-0.2, -0.15) is 0 Å². The monoisotopic (exact) mass is 333 g/mol. The normalized spacial score (nSPS) is 12.9. The highest BCUT2D eigenvalue weighted by molar-refractivity contribution is 5.84. The van der Waals surface area contributed by atoms with Gasteiger partial charge in [0.25, 0.3) is 5.91 Å². The summed E-state index contributed by atoms with van der Waals surface area (Å²) in [5.41, 5.74) is 6.16. The molecular weight excluding hydrogens is 314 g/mol. The molecule has 5 nitrogen and oxygen atoms in total. The molecule has 1 aliphatic heterocycles. The van der Waals surface area contributed by atoms with Crippen molar-refractivity contribution in [3.63, 3.8) is 0 Å². The van der Waals surface area contributed by atoms with Crippen LogP contribution in [0.25, 0.3) is 10.9 Å². The number of pyridine rings is 1. The first-order valence-electron chi connectivity index (χ1n) is 8.34. The van der Waals surface area contributed by atoms with E-state index in [1.165, 1.54) is 5.56 Å². The molecule has 0 atom stereocenters. The number of carbonyl (C=O) groups is 1. The van der Waals surface area contributed by atoms with Crippen molar-refractivity contribution in [1.82, 2.24) is 10.4 Å². The standard InChI is InChI=1S/C20H19N3O2/c1-14-7-8-15-12-16-9-10-23(20(16)21-18(15)11-14)22-19(24)13-25-17-5-3-2-4-6-17/h2-8,11-12H,9-10,13H2,1H3,(H,22,24). The number of carbonyl (C=O) groups excluding carboxylic acids is 1. The van der Waals surface area contributed by atoms with Gasteiger partial charge < -0.3 is 4.74 Å². The highest BCUT2D eigenvalue weighted by Crippen LogP contribution is 2.28. The number of aryl methyl sites for hydroxylation is 1. The van der Waals surface area contributed by atoms with Crippen molar-refractivity contribution < 1.29 is 9.53 Å². The Bertz CT molecular complexity index is 925. The zero-order chi connectivity index (χ0) is 17.2. The fourth-order valence-corrected chi connectivity index (χ4v) is 3.02. The van der Waals surface area contributed by atoms with E-state index < -0.39 is 0 Å². The number of fused-ring (bicyclic) bond motifs is 2. The van der Waals surface area contributed by atoms with Crippen LogP contribution in [0.3, 0.4) is 0 Å². The van der Waals surface area contributed by atoms with Gasteiger partial charge in [-0.1, -0.05) is 30.3 Å². The summed E-state index contributed by atoms with van der Waals surface area (Å²) in [5, 5.41) is 2.94. The Morgan fingerprint density at radius 1 is 1.20 bits per heavy atom. The lowest BCUT2D eigenvalue weighted by Crippen LogP contribution is -2.43. The summed E-state index contributed by atoms with van der Waals surface area (Å²) in [7, 11) is 0. The minimum Gasteiger partial charge on any atom is -0.484 e. The Morgan fingerprint density at radius 3 is 2.88 bits per heavy atom. The maximum atomic E-state index is 12.2. The maximum absolute atomic E-state index is 12.2. The van der Waals surface area contributed by atoms with Crippen LogP contribution in [0.2, 0.25) is 0 Å². The molecule has 1 amide bonds. The van der Waals surface area contributed by atoms with Crippen molar-refractivity contribution >= 4 is 22.6 Å². The van der Waals surface area contributed by atoms with Crippen molar-refractivity contribution in [3.05, 3.63) is 65.7 Å². The molecule has 0 fully saturated rings. The molecule has 1 N–H and O–H groups in total. The molecule has 2 heterocycles. The van der Waals surface area contributed by atoms with Gasteiger partial charge in [-0.15, -0.1) is 0 Å². The molecule has 4 rings (SSSR count). The first kappa shape index (κ1) is 15.4. The SMILES string of the molecule is Cc1ccc2cc3c(nc2c1)N(NC(=O)COc1ccccc1)CC3. The number of hydrazine groups is 1. The van der Waals surface area contributed by atoms with Gasteiger partial charge in [0, 0.05) is 11.9 Å². The molecule has 5 heteroatoms. The predicted molar refractivity (Wildman–Crippen MR) is 97.6 cm³/mol. The molecule has 0 aliphatic carbocycles. The number of rotatable bonds is 4. The van der Waals surface area contributed by atoms with E-state index >= 15 is 0 Å². The Balaban J connectivity index is 1.47. The third-order valence-electron chi connectivity index (χ3n) is 4.26. The summed E-state index contributed by atoms with van der Waals surface area (Å²) in [4.78, 5) is 16.9. The second kappa shape index (κ2) is 6.43. The largest absolute Gasteiger partial charge is 0.484 e. The van der Waals surface area contributed by atoms with Crippen LogP contribution in [0.5, 0.6) is 5.75 Å². The quantitative estimate of drug-likeness (QED) is 0.797. The number of nitrogens with zero attached hydrogens (tertiary/aromatic N) is 2. The molecule has 126 valence electrons. The lowest BCUT2D eigenvalue weighted by Gasteiger charge is -2.19. The van der Waals surface area contributed by atoms with Gasteiger partial charge in [-0.25, -0.2) is 4.98 Å². The second-order valence-corrected chi connectivity index (χ2v) is 6.21. The van der Waals surface area contributed by atoms with Gasteiger partial charge >= 0.3 is 0 Å². The third kappa shape index (κ3) is 3.26.